The van der Waals surface area contributed by atoms with Gasteiger partial charge in [-0.05, 0) is 18.6 Å². The molecule has 1 N–H and O–H groups in total. The summed E-state index contributed by atoms with van der Waals surface area (Å²) in [5.41, 5.74) is 1.19. The Balaban J connectivity index is 1.72. The second-order valence-electron chi connectivity index (χ2n) is 5.53. The zero-order valence-corrected chi connectivity index (χ0v) is 12.8. The number of urea groups is 1. The van der Waals surface area contributed by atoms with Crippen molar-refractivity contribution in [3.63, 3.8) is 0 Å². The van der Waals surface area contributed by atoms with E-state index in [1.165, 1.54) is 6.07 Å². The lowest BCUT2D eigenvalue weighted by Gasteiger charge is -2.35. The van der Waals surface area contributed by atoms with Crippen LogP contribution in [0.1, 0.15) is 6.42 Å². The Kier molecular flexibility index (Phi) is 3.30. The molecule has 1 fully saturated rings. The molecule has 118 valence electrons. The number of hydrogen-bond donors (Lipinski definition) is 1. The van der Waals surface area contributed by atoms with Gasteiger partial charge in [0.2, 0.25) is 0 Å². The highest BCUT2D eigenvalue weighted by atomic mass is 35.5. The zero-order valence-electron chi connectivity index (χ0n) is 12.0. The summed E-state index contributed by atoms with van der Waals surface area (Å²) in [4.78, 5) is 24.4. The average Bonchev–Trinajstić information content (AvgIpc) is 2.96. The minimum absolute atomic E-state index is 0.00630. The fourth-order valence-corrected chi connectivity index (χ4v) is 3.22. The van der Waals surface area contributed by atoms with Gasteiger partial charge in [0.25, 0.3) is 0 Å². The van der Waals surface area contributed by atoms with E-state index in [2.05, 4.69) is 15.3 Å². The Bertz CT molecular complexity index is 772. The van der Waals surface area contributed by atoms with Crippen LogP contribution in [0.15, 0.2) is 30.6 Å². The molecule has 4 heterocycles. The Morgan fingerprint density at radius 1 is 1.48 bits per heavy atom. The van der Waals surface area contributed by atoms with Crippen LogP contribution < -0.4 is 15.1 Å². The lowest BCUT2D eigenvalue weighted by molar-refractivity contribution is 0.255. The van der Waals surface area contributed by atoms with E-state index in [9.17, 15) is 9.18 Å². The Hall–Kier alpha value is -2.41. The SMILES string of the molecule is O=C(Nc1cccnc1)N1c2nc(Cl)c(F)cc2N2CC[C@@H]1C2. The van der Waals surface area contributed by atoms with E-state index in [0.29, 0.717) is 23.7 Å². The second kappa shape index (κ2) is 5.34. The van der Waals surface area contributed by atoms with E-state index in [4.69, 9.17) is 11.6 Å². The minimum atomic E-state index is -0.580. The molecule has 0 aliphatic carbocycles. The molecular weight excluding hydrogens is 321 g/mol. The Morgan fingerprint density at radius 3 is 3.13 bits per heavy atom. The predicted octanol–water partition coefficient (Wildman–Crippen LogP) is 2.90. The fraction of sp³-hybridized carbons (Fsp3) is 0.267. The topological polar surface area (TPSA) is 61.4 Å². The third kappa shape index (κ3) is 2.37. The minimum Gasteiger partial charge on any atom is -0.366 e. The van der Waals surface area contributed by atoms with Crippen molar-refractivity contribution >= 4 is 34.8 Å². The lowest BCUT2D eigenvalue weighted by Crippen LogP contribution is -2.48. The standard InChI is InChI=1S/C15H13ClFN5O/c16-13-11(17)6-12-14(20-13)22(10-3-5-21(12)8-10)15(23)19-9-2-1-4-18-7-9/h1-2,4,6-7,10H,3,5,8H2,(H,19,23)/t10-/m1/s1. The Morgan fingerprint density at radius 2 is 2.35 bits per heavy atom. The summed E-state index contributed by atoms with van der Waals surface area (Å²) in [5.74, 6) is -0.185. The van der Waals surface area contributed by atoms with E-state index in [0.717, 1.165) is 13.0 Å². The van der Waals surface area contributed by atoms with Crippen molar-refractivity contribution < 1.29 is 9.18 Å². The van der Waals surface area contributed by atoms with Crippen molar-refractivity contribution in [3.05, 3.63) is 41.6 Å². The maximum absolute atomic E-state index is 13.8. The van der Waals surface area contributed by atoms with Crippen molar-refractivity contribution in [3.8, 4) is 0 Å². The summed E-state index contributed by atoms with van der Waals surface area (Å²) in [7, 11) is 0. The summed E-state index contributed by atoms with van der Waals surface area (Å²) in [5, 5.41) is 2.57. The van der Waals surface area contributed by atoms with Gasteiger partial charge in [-0.3, -0.25) is 9.88 Å². The number of carbonyl (C=O) groups is 1. The number of rotatable bonds is 1. The van der Waals surface area contributed by atoms with Gasteiger partial charge in [0, 0.05) is 25.4 Å². The fourth-order valence-electron chi connectivity index (χ4n) is 3.08. The Labute approximate surface area is 136 Å². The van der Waals surface area contributed by atoms with Crippen LogP contribution in [0.5, 0.6) is 0 Å². The highest BCUT2D eigenvalue weighted by Gasteiger charge is 2.40. The van der Waals surface area contributed by atoms with Crippen LogP contribution in [0.25, 0.3) is 0 Å². The predicted molar refractivity (Wildman–Crippen MR) is 85.6 cm³/mol. The van der Waals surface area contributed by atoms with Gasteiger partial charge < -0.3 is 10.2 Å². The average molecular weight is 334 g/mol. The molecule has 2 aliphatic heterocycles. The highest BCUT2D eigenvalue weighted by molar-refractivity contribution is 6.29. The first kappa shape index (κ1) is 14.2. The zero-order chi connectivity index (χ0) is 16.0. The summed E-state index contributed by atoms with van der Waals surface area (Å²) in [6.45, 7) is 1.42. The number of amides is 2. The molecule has 2 aromatic rings. The van der Waals surface area contributed by atoms with Crippen LogP contribution in [0.4, 0.5) is 26.4 Å². The first-order chi connectivity index (χ1) is 11.1. The number of fused-ring (bicyclic) bond motifs is 4. The number of carbonyl (C=O) groups excluding carboxylic acids is 1. The van der Waals surface area contributed by atoms with Gasteiger partial charge in [0.1, 0.15) is 0 Å². The van der Waals surface area contributed by atoms with E-state index >= 15 is 0 Å². The molecule has 4 rings (SSSR count). The van der Waals surface area contributed by atoms with Crippen molar-refractivity contribution in [2.24, 2.45) is 0 Å². The van der Waals surface area contributed by atoms with Gasteiger partial charge in [0.15, 0.2) is 16.8 Å². The molecule has 0 unspecified atom stereocenters. The molecule has 2 aromatic heterocycles. The molecule has 2 amide bonds. The largest absolute Gasteiger partial charge is 0.366 e. The van der Waals surface area contributed by atoms with Crippen LogP contribution in [-0.4, -0.2) is 35.1 Å². The second-order valence-corrected chi connectivity index (χ2v) is 5.89. The van der Waals surface area contributed by atoms with E-state index in [1.807, 2.05) is 4.90 Å². The quantitative estimate of drug-likeness (QED) is 0.815. The first-order valence-corrected chi connectivity index (χ1v) is 7.62. The van der Waals surface area contributed by atoms with Crippen LogP contribution in [0.2, 0.25) is 5.15 Å². The van der Waals surface area contributed by atoms with E-state index in [-0.39, 0.29) is 17.2 Å². The molecule has 1 atom stereocenters. The van der Waals surface area contributed by atoms with Gasteiger partial charge in [0.05, 0.1) is 23.6 Å². The van der Waals surface area contributed by atoms with Gasteiger partial charge in [-0.1, -0.05) is 11.6 Å². The molecule has 0 radical (unpaired) electrons. The number of aromatic nitrogens is 2. The molecule has 8 heteroatoms. The number of anilines is 3. The molecule has 23 heavy (non-hydrogen) atoms. The van der Waals surface area contributed by atoms with Crippen molar-refractivity contribution in [2.45, 2.75) is 12.5 Å². The number of hydrogen-bond acceptors (Lipinski definition) is 4. The van der Waals surface area contributed by atoms with Crippen molar-refractivity contribution in [1.82, 2.24) is 9.97 Å². The third-order valence-corrected chi connectivity index (χ3v) is 4.39. The number of halogens is 2. The molecule has 0 saturated carbocycles. The van der Waals surface area contributed by atoms with Gasteiger partial charge >= 0.3 is 6.03 Å². The monoisotopic (exact) mass is 333 g/mol. The van der Waals surface area contributed by atoms with Gasteiger partial charge in [-0.15, -0.1) is 0 Å². The molecule has 1 saturated heterocycles. The molecule has 2 bridgehead atoms. The van der Waals surface area contributed by atoms with E-state index in [1.54, 1.807) is 29.4 Å². The van der Waals surface area contributed by atoms with Crippen LogP contribution in [-0.2, 0) is 0 Å². The molecule has 6 nitrogen and oxygen atoms in total. The first-order valence-electron chi connectivity index (χ1n) is 7.25. The van der Waals surface area contributed by atoms with Crippen LogP contribution in [0, 0.1) is 5.82 Å². The van der Waals surface area contributed by atoms with Gasteiger partial charge in [-0.25, -0.2) is 14.2 Å². The summed E-state index contributed by atoms with van der Waals surface area (Å²) >= 11 is 5.82. The summed E-state index contributed by atoms with van der Waals surface area (Å²) in [6, 6.07) is 4.51. The summed E-state index contributed by atoms with van der Waals surface area (Å²) < 4.78 is 13.8. The molecule has 0 aromatic carbocycles. The number of pyridine rings is 2. The maximum Gasteiger partial charge on any atom is 0.327 e. The highest BCUT2D eigenvalue weighted by Crippen LogP contribution is 2.40. The van der Waals surface area contributed by atoms with Crippen LogP contribution in [0.3, 0.4) is 0 Å². The van der Waals surface area contributed by atoms with Gasteiger partial charge in [-0.2, -0.15) is 0 Å². The lowest BCUT2D eigenvalue weighted by atomic mass is 10.2. The molecule has 0 spiro atoms. The molecular formula is C15H13ClFN5O. The summed E-state index contributed by atoms with van der Waals surface area (Å²) in [6.07, 6.45) is 4.00. The van der Waals surface area contributed by atoms with E-state index < -0.39 is 5.82 Å². The maximum atomic E-state index is 13.8. The number of nitrogens with one attached hydrogen (secondary N) is 1. The van der Waals surface area contributed by atoms with Crippen LogP contribution >= 0.6 is 11.6 Å². The third-order valence-electron chi connectivity index (χ3n) is 4.12. The number of nitrogens with zero attached hydrogens (tertiary/aromatic N) is 4. The van der Waals surface area contributed by atoms with Crippen molar-refractivity contribution in [2.75, 3.05) is 28.2 Å². The molecule has 2 aliphatic rings. The normalized spacial score (nSPS) is 18.8. The smallest absolute Gasteiger partial charge is 0.327 e. The van der Waals surface area contributed by atoms with Crippen molar-refractivity contribution in [1.29, 1.82) is 0 Å².